The maximum atomic E-state index is 4.81. The van der Waals surface area contributed by atoms with Crippen molar-refractivity contribution >= 4 is 11.3 Å². The van der Waals surface area contributed by atoms with E-state index < -0.39 is 0 Å². The van der Waals surface area contributed by atoms with E-state index in [4.69, 9.17) is 4.98 Å². The smallest absolute Gasteiger partial charge is 0.0931 e. The van der Waals surface area contributed by atoms with E-state index in [1.807, 2.05) is 11.3 Å². The van der Waals surface area contributed by atoms with Crippen molar-refractivity contribution in [2.45, 2.75) is 72.4 Å². The van der Waals surface area contributed by atoms with Crippen molar-refractivity contribution in [3.8, 4) is 0 Å². The van der Waals surface area contributed by atoms with Crippen LogP contribution in [0, 0.1) is 5.41 Å². The first-order chi connectivity index (χ1) is 8.48. The molecule has 1 aromatic rings. The summed E-state index contributed by atoms with van der Waals surface area (Å²) in [6.45, 7) is 10.1. The van der Waals surface area contributed by atoms with Gasteiger partial charge >= 0.3 is 0 Å². The standard InChI is InChI=1S/C15H26N2S/c1-5-12-13(10-16-11-6-7-11)18-14(17-12)8-9-15(2,3)4/h11,16H,5-10H2,1-4H3. The second-order valence-electron chi connectivity index (χ2n) is 6.55. The Morgan fingerprint density at radius 2 is 2.06 bits per heavy atom. The fraction of sp³-hybridized carbons (Fsp3) is 0.800. The van der Waals surface area contributed by atoms with Crippen LogP contribution in [-0.2, 0) is 19.4 Å². The van der Waals surface area contributed by atoms with Gasteiger partial charge in [-0.2, -0.15) is 0 Å². The van der Waals surface area contributed by atoms with Crippen LogP contribution >= 0.6 is 11.3 Å². The second kappa shape index (κ2) is 5.70. The van der Waals surface area contributed by atoms with Gasteiger partial charge in [-0.1, -0.05) is 27.7 Å². The molecule has 1 aliphatic carbocycles. The van der Waals surface area contributed by atoms with Crippen LogP contribution in [0.2, 0.25) is 0 Å². The van der Waals surface area contributed by atoms with E-state index in [2.05, 4.69) is 33.0 Å². The molecule has 1 heterocycles. The van der Waals surface area contributed by atoms with Crippen LogP contribution < -0.4 is 5.32 Å². The summed E-state index contributed by atoms with van der Waals surface area (Å²) in [6.07, 6.45) is 6.13. The average Bonchev–Trinajstić information content (AvgIpc) is 3.03. The maximum absolute atomic E-state index is 4.81. The van der Waals surface area contributed by atoms with Gasteiger partial charge in [0.1, 0.15) is 0 Å². The molecule has 2 nitrogen and oxygen atoms in total. The third kappa shape index (κ3) is 4.36. The van der Waals surface area contributed by atoms with Gasteiger partial charge in [0.15, 0.2) is 0 Å². The summed E-state index contributed by atoms with van der Waals surface area (Å²) in [5.74, 6) is 0. The summed E-state index contributed by atoms with van der Waals surface area (Å²) in [4.78, 5) is 6.27. The fourth-order valence-corrected chi connectivity index (χ4v) is 3.07. The van der Waals surface area contributed by atoms with E-state index in [0.29, 0.717) is 5.41 Å². The third-order valence-corrected chi connectivity index (χ3v) is 4.53. The Labute approximate surface area is 115 Å². The zero-order valence-corrected chi connectivity index (χ0v) is 13.0. The molecule has 0 bridgehead atoms. The van der Waals surface area contributed by atoms with Gasteiger partial charge in [0.25, 0.3) is 0 Å². The molecule has 3 heteroatoms. The molecule has 102 valence electrons. The van der Waals surface area contributed by atoms with Gasteiger partial charge in [-0.3, -0.25) is 0 Å². The van der Waals surface area contributed by atoms with Crippen molar-refractivity contribution < 1.29 is 0 Å². The lowest BCUT2D eigenvalue weighted by molar-refractivity contribution is 0.378. The van der Waals surface area contributed by atoms with Crippen LogP contribution in [0.25, 0.3) is 0 Å². The van der Waals surface area contributed by atoms with E-state index in [9.17, 15) is 0 Å². The molecule has 1 fully saturated rings. The zero-order valence-electron chi connectivity index (χ0n) is 12.2. The van der Waals surface area contributed by atoms with Gasteiger partial charge in [-0.05, 0) is 37.5 Å². The van der Waals surface area contributed by atoms with Gasteiger partial charge in [-0.25, -0.2) is 4.98 Å². The van der Waals surface area contributed by atoms with Crippen LogP contribution in [0.1, 0.15) is 62.5 Å². The molecule has 1 aromatic heterocycles. The minimum absolute atomic E-state index is 0.407. The molecule has 0 spiro atoms. The van der Waals surface area contributed by atoms with Crippen LogP contribution in [-0.4, -0.2) is 11.0 Å². The Morgan fingerprint density at radius 1 is 1.33 bits per heavy atom. The summed E-state index contributed by atoms with van der Waals surface area (Å²) >= 11 is 1.92. The minimum Gasteiger partial charge on any atom is -0.309 e. The van der Waals surface area contributed by atoms with Gasteiger partial charge < -0.3 is 5.32 Å². The predicted octanol–water partition coefficient (Wildman–Crippen LogP) is 3.94. The highest BCUT2D eigenvalue weighted by atomic mass is 32.1. The first-order valence-electron chi connectivity index (χ1n) is 7.19. The molecular weight excluding hydrogens is 240 g/mol. The van der Waals surface area contributed by atoms with E-state index in [1.54, 1.807) is 0 Å². The van der Waals surface area contributed by atoms with Crippen LogP contribution in [0.5, 0.6) is 0 Å². The number of aryl methyl sites for hydroxylation is 2. The summed E-state index contributed by atoms with van der Waals surface area (Å²) in [6, 6.07) is 0.787. The van der Waals surface area contributed by atoms with E-state index in [0.717, 1.165) is 25.4 Å². The lowest BCUT2D eigenvalue weighted by Crippen LogP contribution is -2.15. The monoisotopic (exact) mass is 266 g/mol. The largest absolute Gasteiger partial charge is 0.309 e. The Bertz CT molecular complexity index is 386. The second-order valence-corrected chi connectivity index (χ2v) is 7.72. The Balaban J connectivity index is 1.93. The summed E-state index contributed by atoms with van der Waals surface area (Å²) in [5.41, 5.74) is 1.72. The molecule has 0 amide bonds. The lowest BCUT2D eigenvalue weighted by Gasteiger charge is -2.16. The molecule has 2 rings (SSSR count). The topological polar surface area (TPSA) is 24.9 Å². The van der Waals surface area contributed by atoms with Gasteiger partial charge in [-0.15, -0.1) is 11.3 Å². The Morgan fingerprint density at radius 3 is 2.61 bits per heavy atom. The molecule has 18 heavy (non-hydrogen) atoms. The summed E-state index contributed by atoms with van der Waals surface area (Å²) < 4.78 is 0. The number of thiazole rings is 1. The molecule has 0 aliphatic heterocycles. The third-order valence-electron chi connectivity index (χ3n) is 3.37. The number of hydrogen-bond donors (Lipinski definition) is 1. The van der Waals surface area contributed by atoms with Crippen molar-refractivity contribution in [1.29, 1.82) is 0 Å². The molecule has 0 radical (unpaired) electrons. The molecule has 1 aliphatic rings. The van der Waals surface area contributed by atoms with Crippen molar-refractivity contribution in [2.75, 3.05) is 0 Å². The highest BCUT2D eigenvalue weighted by molar-refractivity contribution is 7.11. The van der Waals surface area contributed by atoms with E-state index in [-0.39, 0.29) is 0 Å². The van der Waals surface area contributed by atoms with Gasteiger partial charge in [0.2, 0.25) is 0 Å². The van der Waals surface area contributed by atoms with Crippen molar-refractivity contribution in [3.05, 3.63) is 15.6 Å². The van der Waals surface area contributed by atoms with Gasteiger partial charge in [0, 0.05) is 17.5 Å². The minimum atomic E-state index is 0.407. The molecule has 1 saturated carbocycles. The number of nitrogens with one attached hydrogen (secondary N) is 1. The van der Waals surface area contributed by atoms with E-state index >= 15 is 0 Å². The molecule has 0 atom stereocenters. The number of aromatic nitrogens is 1. The molecular formula is C15H26N2S. The molecule has 0 aromatic carbocycles. The van der Waals surface area contributed by atoms with Crippen LogP contribution in [0.4, 0.5) is 0 Å². The number of hydrogen-bond acceptors (Lipinski definition) is 3. The quantitative estimate of drug-likeness (QED) is 0.843. The maximum Gasteiger partial charge on any atom is 0.0931 e. The zero-order chi connectivity index (χ0) is 13.2. The summed E-state index contributed by atoms with van der Waals surface area (Å²) in [7, 11) is 0. The van der Waals surface area contributed by atoms with Crippen LogP contribution in [0.3, 0.4) is 0 Å². The van der Waals surface area contributed by atoms with Crippen molar-refractivity contribution in [2.24, 2.45) is 5.41 Å². The summed E-state index contributed by atoms with van der Waals surface area (Å²) in [5, 5.41) is 4.93. The van der Waals surface area contributed by atoms with Crippen molar-refractivity contribution in [3.63, 3.8) is 0 Å². The Kier molecular flexibility index (Phi) is 4.44. The van der Waals surface area contributed by atoms with E-state index in [1.165, 1.54) is 34.8 Å². The van der Waals surface area contributed by atoms with Gasteiger partial charge in [0.05, 0.1) is 10.7 Å². The lowest BCUT2D eigenvalue weighted by atomic mass is 9.91. The number of rotatable bonds is 6. The molecule has 0 unspecified atom stereocenters. The number of nitrogens with zero attached hydrogens (tertiary/aromatic N) is 1. The fourth-order valence-electron chi connectivity index (χ4n) is 1.96. The normalized spacial score (nSPS) is 16.2. The first kappa shape index (κ1) is 14.0. The predicted molar refractivity (Wildman–Crippen MR) is 79.1 cm³/mol. The average molecular weight is 266 g/mol. The highest BCUT2D eigenvalue weighted by Gasteiger charge is 2.21. The van der Waals surface area contributed by atoms with Crippen molar-refractivity contribution in [1.82, 2.24) is 10.3 Å². The highest BCUT2D eigenvalue weighted by Crippen LogP contribution is 2.27. The SMILES string of the molecule is CCc1nc(CCC(C)(C)C)sc1CNC1CC1. The first-order valence-corrected chi connectivity index (χ1v) is 8.00. The Hall–Kier alpha value is -0.410. The van der Waals surface area contributed by atoms with Crippen LogP contribution in [0.15, 0.2) is 0 Å². The molecule has 1 N–H and O–H groups in total. The molecule has 0 saturated heterocycles.